The van der Waals surface area contributed by atoms with Gasteiger partial charge in [-0.1, -0.05) is 0 Å². The summed E-state index contributed by atoms with van der Waals surface area (Å²) in [5, 5.41) is 8.85. The highest BCUT2D eigenvalue weighted by Gasteiger charge is 2.37. The molecule has 3 N–H and O–H groups in total. The quantitative estimate of drug-likeness (QED) is 0.742. The molecule has 0 unspecified atom stereocenters. The molecular formula is C11H21F3N2O2. The molecule has 7 heteroatoms. The fourth-order valence-electron chi connectivity index (χ4n) is 2.31. The van der Waals surface area contributed by atoms with Gasteiger partial charge in [0.25, 0.3) is 0 Å². The Morgan fingerprint density at radius 1 is 1.28 bits per heavy atom. The maximum absolute atomic E-state index is 12.4. The lowest BCUT2D eigenvalue weighted by molar-refractivity contribution is -0.151. The predicted octanol–water partition coefficient (Wildman–Crippen LogP) is 0.598. The Bertz CT molecular complexity index is 243. The van der Waals surface area contributed by atoms with E-state index >= 15 is 0 Å². The van der Waals surface area contributed by atoms with Crippen molar-refractivity contribution in [1.29, 1.82) is 0 Å². The maximum atomic E-state index is 12.4. The molecule has 1 saturated heterocycles. The standard InChI is InChI=1S/C11H21F3N2O2/c12-11(13,14)9-16(3-4-17)8-10(7-15)1-5-18-6-2-10/h17H,1-9,15H2. The first-order valence-corrected chi connectivity index (χ1v) is 6.09. The molecule has 0 amide bonds. The van der Waals surface area contributed by atoms with E-state index in [0.717, 1.165) is 0 Å². The van der Waals surface area contributed by atoms with Gasteiger partial charge in [-0.3, -0.25) is 4.90 Å². The van der Waals surface area contributed by atoms with E-state index in [1.807, 2.05) is 0 Å². The van der Waals surface area contributed by atoms with Crippen molar-refractivity contribution in [1.82, 2.24) is 4.90 Å². The second-order valence-electron chi connectivity index (χ2n) is 4.87. The Morgan fingerprint density at radius 3 is 2.33 bits per heavy atom. The van der Waals surface area contributed by atoms with Crippen LogP contribution in [0.15, 0.2) is 0 Å². The minimum absolute atomic E-state index is 0.0160. The van der Waals surface area contributed by atoms with E-state index in [-0.39, 0.29) is 25.1 Å². The Morgan fingerprint density at radius 2 is 1.89 bits per heavy atom. The highest BCUT2D eigenvalue weighted by atomic mass is 19.4. The minimum Gasteiger partial charge on any atom is -0.395 e. The molecule has 0 aromatic carbocycles. The SMILES string of the molecule is NCC1(CN(CCO)CC(F)(F)F)CCOCC1. The summed E-state index contributed by atoms with van der Waals surface area (Å²) in [5.41, 5.74) is 5.40. The second kappa shape index (κ2) is 6.70. The van der Waals surface area contributed by atoms with Crippen LogP contribution >= 0.6 is 0 Å². The van der Waals surface area contributed by atoms with Gasteiger partial charge < -0.3 is 15.6 Å². The Labute approximate surface area is 105 Å². The molecule has 0 spiro atoms. The lowest BCUT2D eigenvalue weighted by Gasteiger charge is -2.40. The van der Waals surface area contributed by atoms with E-state index in [9.17, 15) is 13.2 Å². The van der Waals surface area contributed by atoms with Gasteiger partial charge in [0.05, 0.1) is 13.2 Å². The number of halogens is 3. The smallest absolute Gasteiger partial charge is 0.395 e. The zero-order valence-corrected chi connectivity index (χ0v) is 10.4. The van der Waals surface area contributed by atoms with Gasteiger partial charge in [0, 0.05) is 26.3 Å². The number of ether oxygens (including phenoxy) is 1. The van der Waals surface area contributed by atoms with Crippen LogP contribution in [-0.4, -0.2) is 62.2 Å². The van der Waals surface area contributed by atoms with E-state index in [0.29, 0.717) is 32.6 Å². The molecule has 0 aromatic rings. The third-order valence-electron chi connectivity index (χ3n) is 3.36. The summed E-state index contributed by atoms with van der Waals surface area (Å²) in [6.07, 6.45) is -2.91. The molecule has 108 valence electrons. The first kappa shape index (κ1) is 15.7. The van der Waals surface area contributed by atoms with Crippen LogP contribution in [0.3, 0.4) is 0 Å². The zero-order chi connectivity index (χ0) is 13.6. The molecule has 0 atom stereocenters. The van der Waals surface area contributed by atoms with Crippen LogP contribution in [0.2, 0.25) is 0 Å². The summed E-state index contributed by atoms with van der Waals surface area (Å²) >= 11 is 0. The summed E-state index contributed by atoms with van der Waals surface area (Å²) in [6.45, 7) is 0.404. The molecule has 0 aromatic heterocycles. The minimum atomic E-state index is -4.25. The highest BCUT2D eigenvalue weighted by Crippen LogP contribution is 2.31. The van der Waals surface area contributed by atoms with Crippen LogP contribution in [0.5, 0.6) is 0 Å². The van der Waals surface area contributed by atoms with Gasteiger partial charge in [0.2, 0.25) is 0 Å². The number of alkyl halides is 3. The molecule has 1 rings (SSSR count). The molecule has 1 fully saturated rings. The van der Waals surface area contributed by atoms with Crippen molar-refractivity contribution < 1.29 is 23.0 Å². The number of hydrogen-bond donors (Lipinski definition) is 2. The van der Waals surface area contributed by atoms with Gasteiger partial charge in [-0.25, -0.2) is 0 Å². The Hall–Kier alpha value is -0.370. The van der Waals surface area contributed by atoms with Crippen LogP contribution in [0, 0.1) is 5.41 Å². The largest absolute Gasteiger partial charge is 0.401 e. The van der Waals surface area contributed by atoms with Crippen LogP contribution < -0.4 is 5.73 Å². The molecule has 1 aliphatic heterocycles. The van der Waals surface area contributed by atoms with Gasteiger partial charge in [0.1, 0.15) is 0 Å². The number of rotatable bonds is 6. The summed E-state index contributed by atoms with van der Waals surface area (Å²) in [5.74, 6) is 0. The molecular weight excluding hydrogens is 249 g/mol. The zero-order valence-electron chi connectivity index (χ0n) is 10.4. The maximum Gasteiger partial charge on any atom is 0.401 e. The first-order chi connectivity index (χ1) is 8.41. The highest BCUT2D eigenvalue weighted by molar-refractivity contribution is 4.86. The van der Waals surface area contributed by atoms with Gasteiger partial charge in [-0.15, -0.1) is 0 Å². The molecule has 0 bridgehead atoms. The van der Waals surface area contributed by atoms with Gasteiger partial charge >= 0.3 is 6.18 Å². The number of aliphatic hydroxyl groups is 1. The number of aliphatic hydroxyl groups excluding tert-OH is 1. The van der Waals surface area contributed by atoms with Crippen molar-refractivity contribution in [2.75, 3.05) is 46.0 Å². The van der Waals surface area contributed by atoms with Crippen molar-refractivity contribution >= 4 is 0 Å². The van der Waals surface area contributed by atoms with Crippen LogP contribution in [0.4, 0.5) is 13.2 Å². The normalized spacial score (nSPS) is 20.3. The Balaban J connectivity index is 2.62. The van der Waals surface area contributed by atoms with Crippen molar-refractivity contribution in [2.45, 2.75) is 19.0 Å². The summed E-state index contributed by atoms with van der Waals surface area (Å²) in [4.78, 5) is 1.23. The first-order valence-electron chi connectivity index (χ1n) is 6.09. The predicted molar refractivity (Wildman–Crippen MR) is 61.1 cm³/mol. The summed E-state index contributed by atoms with van der Waals surface area (Å²) < 4.78 is 42.5. The fraction of sp³-hybridized carbons (Fsp3) is 1.00. The third-order valence-corrected chi connectivity index (χ3v) is 3.36. The van der Waals surface area contributed by atoms with Crippen LogP contribution in [-0.2, 0) is 4.74 Å². The van der Waals surface area contributed by atoms with Crippen LogP contribution in [0.1, 0.15) is 12.8 Å². The molecule has 18 heavy (non-hydrogen) atoms. The van der Waals surface area contributed by atoms with Crippen molar-refractivity contribution in [2.24, 2.45) is 11.1 Å². The van der Waals surface area contributed by atoms with E-state index in [1.54, 1.807) is 0 Å². The third kappa shape index (κ3) is 5.09. The van der Waals surface area contributed by atoms with E-state index < -0.39 is 12.7 Å². The van der Waals surface area contributed by atoms with Gasteiger partial charge in [-0.2, -0.15) is 13.2 Å². The van der Waals surface area contributed by atoms with Gasteiger partial charge in [0.15, 0.2) is 0 Å². The molecule has 1 aliphatic rings. The lowest BCUT2D eigenvalue weighted by Crippen LogP contribution is -2.49. The monoisotopic (exact) mass is 270 g/mol. The summed E-state index contributed by atoms with van der Waals surface area (Å²) in [6, 6.07) is 0. The summed E-state index contributed by atoms with van der Waals surface area (Å²) in [7, 11) is 0. The van der Waals surface area contributed by atoms with E-state index in [4.69, 9.17) is 15.6 Å². The molecule has 0 radical (unpaired) electrons. The number of nitrogens with zero attached hydrogens (tertiary/aromatic N) is 1. The molecule has 0 saturated carbocycles. The Kier molecular flexibility index (Phi) is 5.84. The van der Waals surface area contributed by atoms with Crippen molar-refractivity contribution in [3.63, 3.8) is 0 Å². The fourth-order valence-corrected chi connectivity index (χ4v) is 2.31. The molecule has 4 nitrogen and oxygen atoms in total. The van der Waals surface area contributed by atoms with E-state index in [2.05, 4.69) is 0 Å². The number of nitrogens with two attached hydrogens (primary N) is 1. The topological polar surface area (TPSA) is 58.7 Å². The molecule has 0 aliphatic carbocycles. The average Bonchev–Trinajstić information content (AvgIpc) is 2.28. The van der Waals surface area contributed by atoms with Crippen molar-refractivity contribution in [3.8, 4) is 0 Å². The van der Waals surface area contributed by atoms with Crippen LogP contribution in [0.25, 0.3) is 0 Å². The van der Waals surface area contributed by atoms with Crippen molar-refractivity contribution in [3.05, 3.63) is 0 Å². The molecule has 1 heterocycles. The van der Waals surface area contributed by atoms with E-state index in [1.165, 1.54) is 4.90 Å². The average molecular weight is 270 g/mol. The number of hydrogen-bond acceptors (Lipinski definition) is 4. The van der Waals surface area contributed by atoms with Gasteiger partial charge in [-0.05, 0) is 24.8 Å². The lowest BCUT2D eigenvalue weighted by atomic mass is 9.79. The second-order valence-corrected chi connectivity index (χ2v) is 4.87.